The molecule has 1 aliphatic carbocycles. The number of esters is 1. The van der Waals surface area contributed by atoms with E-state index in [2.05, 4.69) is 12.1 Å². The smallest absolute Gasteiger partial charge is 0.333 e. The van der Waals surface area contributed by atoms with Crippen LogP contribution < -0.4 is 0 Å². The molecule has 0 amide bonds. The van der Waals surface area contributed by atoms with Gasteiger partial charge in [-0.25, -0.2) is 4.79 Å². The van der Waals surface area contributed by atoms with Crippen LogP contribution in [0.15, 0.2) is 35.9 Å². The van der Waals surface area contributed by atoms with Gasteiger partial charge in [-0.15, -0.1) is 0 Å². The third-order valence-corrected chi connectivity index (χ3v) is 2.52. The molecule has 0 heterocycles. The third-order valence-electron chi connectivity index (χ3n) is 2.52. The molecule has 0 saturated heterocycles. The van der Waals surface area contributed by atoms with Gasteiger partial charge in [-0.1, -0.05) is 30.3 Å². The third kappa shape index (κ3) is 1.55. The van der Waals surface area contributed by atoms with Crippen molar-refractivity contribution in [2.75, 3.05) is 7.11 Å². The van der Waals surface area contributed by atoms with Gasteiger partial charge in [0.25, 0.3) is 0 Å². The van der Waals surface area contributed by atoms with E-state index in [0.29, 0.717) is 6.42 Å². The molecule has 1 aliphatic rings. The lowest BCUT2D eigenvalue weighted by atomic mass is 9.92. The number of ether oxygens (including phenoxy) is 1. The molecular formula is C12H12O2. The summed E-state index contributed by atoms with van der Waals surface area (Å²) in [6.07, 6.45) is 3.48. The molecule has 0 fully saturated rings. The van der Waals surface area contributed by atoms with Gasteiger partial charge in [-0.05, 0) is 17.5 Å². The Morgan fingerprint density at radius 3 is 2.71 bits per heavy atom. The van der Waals surface area contributed by atoms with Crippen LogP contribution in [-0.2, 0) is 22.4 Å². The molecule has 0 unspecified atom stereocenters. The maximum atomic E-state index is 11.3. The molecule has 1 aromatic rings. The van der Waals surface area contributed by atoms with Crippen molar-refractivity contribution in [2.45, 2.75) is 12.8 Å². The molecular weight excluding hydrogens is 176 g/mol. The first-order valence-corrected chi connectivity index (χ1v) is 4.65. The maximum Gasteiger partial charge on any atom is 0.333 e. The van der Waals surface area contributed by atoms with Gasteiger partial charge in [0.1, 0.15) is 0 Å². The Labute approximate surface area is 83.2 Å². The van der Waals surface area contributed by atoms with Gasteiger partial charge >= 0.3 is 5.97 Å². The topological polar surface area (TPSA) is 26.3 Å². The largest absolute Gasteiger partial charge is 0.466 e. The number of benzene rings is 1. The fourth-order valence-electron chi connectivity index (χ4n) is 1.73. The summed E-state index contributed by atoms with van der Waals surface area (Å²) in [6.45, 7) is 0. The van der Waals surface area contributed by atoms with Gasteiger partial charge in [-0.2, -0.15) is 0 Å². The molecule has 14 heavy (non-hydrogen) atoms. The van der Waals surface area contributed by atoms with Crippen LogP contribution >= 0.6 is 0 Å². The Morgan fingerprint density at radius 2 is 2.00 bits per heavy atom. The van der Waals surface area contributed by atoms with E-state index in [1.165, 1.54) is 18.2 Å². The van der Waals surface area contributed by atoms with Crippen LogP contribution in [-0.4, -0.2) is 13.1 Å². The predicted molar refractivity (Wildman–Crippen MR) is 53.9 cm³/mol. The Hall–Kier alpha value is -1.57. The summed E-state index contributed by atoms with van der Waals surface area (Å²) in [5, 5.41) is 0. The van der Waals surface area contributed by atoms with Crippen molar-refractivity contribution in [3.63, 3.8) is 0 Å². The van der Waals surface area contributed by atoms with Crippen LogP contribution in [0.4, 0.5) is 0 Å². The lowest BCUT2D eigenvalue weighted by molar-refractivity contribution is -0.136. The number of fused-ring (bicyclic) bond motifs is 1. The van der Waals surface area contributed by atoms with E-state index in [1.54, 1.807) is 0 Å². The second kappa shape index (κ2) is 3.66. The Kier molecular flexibility index (Phi) is 2.35. The van der Waals surface area contributed by atoms with Gasteiger partial charge in [0.05, 0.1) is 7.11 Å². The summed E-state index contributed by atoms with van der Waals surface area (Å²) in [5.74, 6) is -0.209. The van der Waals surface area contributed by atoms with E-state index in [9.17, 15) is 4.79 Å². The molecule has 2 rings (SSSR count). The van der Waals surface area contributed by atoms with E-state index in [4.69, 9.17) is 4.74 Å². The summed E-state index contributed by atoms with van der Waals surface area (Å²) in [7, 11) is 1.42. The van der Waals surface area contributed by atoms with Gasteiger partial charge in [0, 0.05) is 12.0 Å². The van der Waals surface area contributed by atoms with E-state index in [0.717, 1.165) is 12.0 Å². The van der Waals surface area contributed by atoms with E-state index >= 15 is 0 Å². The quantitative estimate of drug-likeness (QED) is 0.629. The molecule has 2 heteroatoms. The number of methoxy groups -OCH3 is 1. The first kappa shape index (κ1) is 9.00. The fraction of sp³-hybridized carbons (Fsp3) is 0.250. The van der Waals surface area contributed by atoms with Crippen LogP contribution in [0.5, 0.6) is 0 Å². The van der Waals surface area contributed by atoms with Gasteiger partial charge in [0.2, 0.25) is 0 Å². The first-order valence-electron chi connectivity index (χ1n) is 4.65. The maximum absolute atomic E-state index is 11.3. The second-order valence-electron chi connectivity index (χ2n) is 3.37. The Bertz CT molecular complexity index is 391. The first-order chi connectivity index (χ1) is 6.81. The van der Waals surface area contributed by atoms with Gasteiger partial charge in [0.15, 0.2) is 0 Å². The molecule has 2 nitrogen and oxygen atoms in total. The van der Waals surface area contributed by atoms with E-state index < -0.39 is 0 Å². The van der Waals surface area contributed by atoms with Crippen LogP contribution in [0.1, 0.15) is 11.1 Å². The molecule has 0 aromatic heterocycles. The zero-order chi connectivity index (χ0) is 9.97. The number of carbonyl (C=O) groups is 1. The van der Waals surface area contributed by atoms with Crippen LogP contribution in [0.3, 0.4) is 0 Å². The fourth-order valence-corrected chi connectivity index (χ4v) is 1.73. The van der Waals surface area contributed by atoms with Gasteiger partial charge in [-0.3, -0.25) is 0 Å². The zero-order valence-corrected chi connectivity index (χ0v) is 8.12. The molecule has 0 atom stereocenters. The minimum atomic E-state index is -0.209. The number of hydrogen-bond acceptors (Lipinski definition) is 2. The van der Waals surface area contributed by atoms with E-state index in [1.807, 2.05) is 18.2 Å². The highest BCUT2D eigenvalue weighted by Crippen LogP contribution is 2.21. The van der Waals surface area contributed by atoms with Crippen molar-refractivity contribution in [1.29, 1.82) is 0 Å². The number of rotatable bonds is 1. The number of carbonyl (C=O) groups excluding carboxylic acids is 1. The van der Waals surface area contributed by atoms with Crippen LogP contribution in [0, 0.1) is 0 Å². The summed E-state index contributed by atoms with van der Waals surface area (Å²) in [5.41, 5.74) is 3.31. The lowest BCUT2D eigenvalue weighted by Crippen LogP contribution is -2.12. The molecule has 0 radical (unpaired) electrons. The zero-order valence-electron chi connectivity index (χ0n) is 8.12. The summed E-state index contributed by atoms with van der Waals surface area (Å²) in [6, 6.07) is 8.18. The lowest BCUT2D eigenvalue weighted by Gasteiger charge is -2.14. The van der Waals surface area contributed by atoms with Crippen molar-refractivity contribution >= 4 is 5.97 Å². The van der Waals surface area contributed by atoms with Crippen LogP contribution in [0.25, 0.3) is 0 Å². The second-order valence-corrected chi connectivity index (χ2v) is 3.37. The Morgan fingerprint density at radius 1 is 1.29 bits per heavy atom. The summed E-state index contributed by atoms with van der Waals surface area (Å²) < 4.78 is 4.70. The molecule has 0 bridgehead atoms. The minimum Gasteiger partial charge on any atom is -0.466 e. The molecule has 0 aliphatic heterocycles. The van der Waals surface area contributed by atoms with Crippen molar-refractivity contribution < 1.29 is 9.53 Å². The summed E-state index contributed by atoms with van der Waals surface area (Å²) >= 11 is 0. The van der Waals surface area contributed by atoms with Crippen LogP contribution in [0.2, 0.25) is 0 Å². The average Bonchev–Trinajstić information content (AvgIpc) is 2.27. The van der Waals surface area contributed by atoms with Crippen molar-refractivity contribution in [3.05, 3.63) is 47.0 Å². The summed E-state index contributed by atoms with van der Waals surface area (Å²) in [4.78, 5) is 11.3. The molecule has 1 aromatic carbocycles. The highest BCUT2D eigenvalue weighted by Gasteiger charge is 2.15. The molecule has 0 N–H and O–H groups in total. The average molecular weight is 188 g/mol. The monoisotopic (exact) mass is 188 g/mol. The standard InChI is InChI=1S/C12H12O2/c1-14-12(13)11-7-6-9-4-2-3-5-10(9)8-11/h2-5,7H,6,8H2,1H3. The number of allylic oxidation sites excluding steroid dienone is 1. The Balaban J connectivity index is 2.25. The van der Waals surface area contributed by atoms with Crippen molar-refractivity contribution in [2.24, 2.45) is 0 Å². The highest BCUT2D eigenvalue weighted by molar-refractivity contribution is 5.89. The van der Waals surface area contributed by atoms with Crippen molar-refractivity contribution in [1.82, 2.24) is 0 Å². The molecule has 72 valence electrons. The minimum absolute atomic E-state index is 0.209. The van der Waals surface area contributed by atoms with Gasteiger partial charge < -0.3 is 4.74 Å². The molecule has 0 spiro atoms. The normalized spacial score (nSPS) is 14.2. The van der Waals surface area contributed by atoms with Crippen molar-refractivity contribution in [3.8, 4) is 0 Å². The highest BCUT2D eigenvalue weighted by atomic mass is 16.5. The SMILES string of the molecule is COC(=O)C1=CCc2ccccc2C1. The number of hydrogen-bond donors (Lipinski definition) is 0. The predicted octanol–water partition coefficient (Wildman–Crippen LogP) is 1.88. The van der Waals surface area contributed by atoms with E-state index in [-0.39, 0.29) is 5.97 Å². The molecule has 0 saturated carbocycles.